The highest BCUT2D eigenvalue weighted by Crippen LogP contribution is 2.41. The van der Waals surface area contributed by atoms with E-state index in [1.54, 1.807) is 43.3 Å². The molecule has 1 atom stereocenters. The highest BCUT2D eigenvalue weighted by molar-refractivity contribution is 7.92. The van der Waals surface area contributed by atoms with Crippen LogP contribution in [0.1, 0.15) is 34.1 Å². The smallest absolute Gasteiger partial charge is 0.255 e. The van der Waals surface area contributed by atoms with E-state index in [1.807, 2.05) is 0 Å². The molecule has 0 saturated carbocycles. The molecule has 1 aliphatic heterocycles. The van der Waals surface area contributed by atoms with E-state index in [-0.39, 0.29) is 40.6 Å². The largest absolute Gasteiger partial charge is 0.455 e. The summed E-state index contributed by atoms with van der Waals surface area (Å²) in [5, 5.41) is 8.42. The summed E-state index contributed by atoms with van der Waals surface area (Å²) in [6.45, 7) is 2.26. The number of hydrogen-bond donors (Lipinski definition) is 3. The summed E-state index contributed by atoms with van der Waals surface area (Å²) in [6, 6.07) is 14.6. The van der Waals surface area contributed by atoms with Crippen LogP contribution in [0.4, 0.5) is 10.1 Å². The molecule has 0 bridgehead atoms. The van der Waals surface area contributed by atoms with Crippen molar-refractivity contribution in [2.24, 2.45) is 0 Å². The van der Waals surface area contributed by atoms with Crippen LogP contribution in [-0.2, 0) is 14.8 Å². The lowest BCUT2D eigenvalue weighted by Crippen LogP contribution is -2.40. The van der Waals surface area contributed by atoms with E-state index in [2.05, 4.69) is 16.0 Å². The number of amides is 3. The average Bonchev–Trinajstić information content (AvgIpc) is 3.54. The summed E-state index contributed by atoms with van der Waals surface area (Å²) in [5.41, 5.74) is 2.38. The van der Waals surface area contributed by atoms with Gasteiger partial charge >= 0.3 is 0 Å². The predicted molar refractivity (Wildman–Crippen MR) is 157 cm³/mol. The molecule has 1 fully saturated rings. The summed E-state index contributed by atoms with van der Waals surface area (Å²) in [7, 11) is -2.28. The van der Waals surface area contributed by atoms with Crippen LogP contribution >= 0.6 is 0 Å². The van der Waals surface area contributed by atoms with Crippen LogP contribution in [0.5, 0.6) is 0 Å². The van der Waals surface area contributed by atoms with Gasteiger partial charge in [0, 0.05) is 48.3 Å². The van der Waals surface area contributed by atoms with Crippen molar-refractivity contribution < 1.29 is 31.6 Å². The Morgan fingerprint density at radius 1 is 1.07 bits per heavy atom. The van der Waals surface area contributed by atoms with Gasteiger partial charge in [-0.2, -0.15) is 0 Å². The van der Waals surface area contributed by atoms with Crippen molar-refractivity contribution >= 4 is 44.4 Å². The van der Waals surface area contributed by atoms with Crippen molar-refractivity contribution in [2.75, 3.05) is 30.7 Å². The Kier molecular flexibility index (Phi) is 7.74. The first-order valence-electron chi connectivity index (χ1n) is 13.3. The van der Waals surface area contributed by atoms with E-state index in [4.69, 9.17) is 4.42 Å². The lowest BCUT2D eigenvalue weighted by Gasteiger charge is -2.24. The van der Waals surface area contributed by atoms with Crippen molar-refractivity contribution in [1.29, 1.82) is 0 Å². The van der Waals surface area contributed by atoms with Crippen molar-refractivity contribution in [3.05, 3.63) is 77.6 Å². The molecule has 0 spiro atoms. The van der Waals surface area contributed by atoms with Gasteiger partial charge in [-0.15, -0.1) is 0 Å². The molecule has 1 aromatic heterocycles. The minimum atomic E-state index is -3.75. The Morgan fingerprint density at radius 2 is 1.81 bits per heavy atom. The van der Waals surface area contributed by atoms with Crippen molar-refractivity contribution in [2.45, 2.75) is 19.4 Å². The number of anilines is 1. The summed E-state index contributed by atoms with van der Waals surface area (Å²) >= 11 is 0. The zero-order chi connectivity index (χ0) is 30.2. The van der Waals surface area contributed by atoms with Gasteiger partial charge in [0.05, 0.1) is 17.5 Å². The van der Waals surface area contributed by atoms with Gasteiger partial charge in [-0.25, -0.2) is 12.8 Å². The second-order valence-electron chi connectivity index (χ2n) is 9.87. The molecule has 12 heteroatoms. The minimum absolute atomic E-state index is 0.0993. The molecule has 4 aromatic rings. The molecule has 5 rings (SSSR count). The molecule has 0 unspecified atom stereocenters. The minimum Gasteiger partial charge on any atom is -0.455 e. The van der Waals surface area contributed by atoms with Crippen LogP contribution in [0.2, 0.25) is 0 Å². The van der Waals surface area contributed by atoms with Gasteiger partial charge in [-0.3, -0.25) is 18.7 Å². The van der Waals surface area contributed by atoms with Gasteiger partial charge in [0.2, 0.25) is 15.9 Å². The van der Waals surface area contributed by atoms with Crippen LogP contribution in [-0.4, -0.2) is 58.6 Å². The molecule has 3 N–H and O–H groups in total. The van der Waals surface area contributed by atoms with Crippen molar-refractivity contribution in [3.63, 3.8) is 0 Å². The monoisotopic (exact) mass is 592 g/mol. The molecule has 0 radical (unpaired) electrons. The Morgan fingerprint density at radius 3 is 2.43 bits per heavy atom. The number of nitrogens with zero attached hydrogens (tertiary/aromatic N) is 1. The fourth-order valence-corrected chi connectivity index (χ4v) is 6.09. The molecular weight excluding hydrogens is 563 g/mol. The molecule has 1 saturated heterocycles. The number of fused-ring (bicyclic) bond motifs is 1. The van der Waals surface area contributed by atoms with Gasteiger partial charge in [0.15, 0.2) is 0 Å². The molecule has 3 aromatic carbocycles. The molecule has 10 nitrogen and oxygen atoms in total. The highest BCUT2D eigenvalue weighted by Gasteiger charge is 2.28. The summed E-state index contributed by atoms with van der Waals surface area (Å²) in [6.07, 6.45) is 1.56. The van der Waals surface area contributed by atoms with Gasteiger partial charge in [-0.1, -0.05) is 12.1 Å². The van der Waals surface area contributed by atoms with Gasteiger partial charge in [-0.05, 0) is 61.4 Å². The molecule has 42 heavy (non-hydrogen) atoms. The number of nitrogens with one attached hydrogen (secondary N) is 3. The van der Waals surface area contributed by atoms with Crippen LogP contribution in [0.3, 0.4) is 0 Å². The molecule has 2 heterocycles. The van der Waals surface area contributed by atoms with E-state index >= 15 is 0 Å². The Hall–Kier alpha value is -4.71. The van der Waals surface area contributed by atoms with Crippen LogP contribution in [0.25, 0.3) is 33.4 Å². The topological polar surface area (TPSA) is 138 Å². The maximum Gasteiger partial charge on any atom is 0.255 e. The zero-order valence-electron chi connectivity index (χ0n) is 23.2. The van der Waals surface area contributed by atoms with E-state index < -0.39 is 33.7 Å². The maximum absolute atomic E-state index is 13.7. The first-order chi connectivity index (χ1) is 20.0. The number of halogens is 1. The first-order valence-corrected chi connectivity index (χ1v) is 15.1. The van der Waals surface area contributed by atoms with Crippen LogP contribution in [0, 0.1) is 5.82 Å². The molecule has 1 aliphatic rings. The number of carbonyl (C=O) groups excluding carboxylic acids is 3. The SMILES string of the molecule is CCN(c1cc2oc(-c3ccc(F)cc3)c(C(=O)NC)c2cc1-c1cccc(C(=O)N[C@@H]2CCNC2=O)c1)S(C)(=O)=O. The number of hydrogen-bond acceptors (Lipinski definition) is 6. The molecule has 3 amide bonds. The third-order valence-corrected chi connectivity index (χ3v) is 8.37. The fourth-order valence-electron chi connectivity index (χ4n) is 5.11. The molecule has 218 valence electrons. The number of furan rings is 1. The third-order valence-electron chi connectivity index (χ3n) is 7.11. The fraction of sp³-hybridized carbons (Fsp3) is 0.233. The summed E-state index contributed by atoms with van der Waals surface area (Å²) in [4.78, 5) is 38.2. The van der Waals surface area contributed by atoms with Crippen LogP contribution in [0.15, 0.2) is 65.1 Å². The predicted octanol–water partition coefficient (Wildman–Crippen LogP) is 3.67. The number of rotatable bonds is 8. The normalized spacial score (nSPS) is 15.0. The van der Waals surface area contributed by atoms with Gasteiger partial charge < -0.3 is 20.4 Å². The summed E-state index contributed by atoms with van der Waals surface area (Å²) in [5.74, 6) is -1.42. The lowest BCUT2D eigenvalue weighted by molar-refractivity contribution is -0.120. The standard InChI is InChI=1S/C30H29FN4O6S/c1-4-35(42(3,39)40)24-16-25-22(26(30(38)32-2)27(41-25)17-8-10-20(31)11-9-17)15-21(24)18-6-5-7-19(14-18)28(36)34-23-12-13-33-29(23)37/h5-11,14-16,23H,4,12-13H2,1-3H3,(H,32,38)(H,33,37)(H,34,36)/t23-/m1/s1. The van der Waals surface area contributed by atoms with E-state index in [1.165, 1.54) is 35.6 Å². The Balaban J connectivity index is 1.72. The van der Waals surface area contributed by atoms with Gasteiger partial charge in [0.1, 0.15) is 23.2 Å². The first kappa shape index (κ1) is 28.8. The Bertz CT molecular complexity index is 1820. The van der Waals surface area contributed by atoms with E-state index in [9.17, 15) is 27.2 Å². The summed E-state index contributed by atoms with van der Waals surface area (Å²) < 4.78 is 46.7. The van der Waals surface area contributed by atoms with Crippen molar-refractivity contribution in [3.8, 4) is 22.5 Å². The lowest BCUT2D eigenvalue weighted by atomic mass is 9.97. The molecule has 0 aliphatic carbocycles. The number of benzene rings is 3. The second-order valence-corrected chi connectivity index (χ2v) is 11.8. The Labute approximate surface area is 241 Å². The maximum atomic E-state index is 13.7. The second kappa shape index (κ2) is 11.3. The van der Waals surface area contributed by atoms with Gasteiger partial charge in [0.25, 0.3) is 11.8 Å². The number of sulfonamides is 1. The number of carbonyl (C=O) groups is 3. The van der Waals surface area contributed by atoms with E-state index in [0.29, 0.717) is 35.0 Å². The average molecular weight is 593 g/mol. The third kappa shape index (κ3) is 5.45. The molecular formula is C30H29FN4O6S. The zero-order valence-corrected chi connectivity index (χ0v) is 24.0. The van der Waals surface area contributed by atoms with Crippen molar-refractivity contribution in [1.82, 2.24) is 16.0 Å². The van der Waals surface area contributed by atoms with Crippen LogP contribution < -0.4 is 20.3 Å². The highest BCUT2D eigenvalue weighted by atomic mass is 32.2. The van der Waals surface area contributed by atoms with E-state index in [0.717, 1.165) is 6.26 Å². The quantitative estimate of drug-likeness (QED) is 0.286.